The monoisotopic (exact) mass is 498 g/mol. The number of amides is 1. The number of carbonyl (C=O) groups is 1. The molecule has 5 aromatic rings. The van der Waals surface area contributed by atoms with E-state index in [0.29, 0.717) is 30.7 Å². The molecule has 0 atom stereocenters. The van der Waals surface area contributed by atoms with Crippen molar-refractivity contribution in [3.63, 3.8) is 0 Å². The van der Waals surface area contributed by atoms with Gasteiger partial charge in [-0.15, -0.1) is 0 Å². The molecule has 8 heteroatoms. The first-order chi connectivity index (χ1) is 18.7. The number of nitrogens with zero attached hydrogens (tertiary/aromatic N) is 5. The van der Waals surface area contributed by atoms with Crippen LogP contribution in [-0.4, -0.2) is 51.3 Å². The number of aromatic nitrogens is 4. The molecular formula is C30H27BN6O. The first-order valence-corrected chi connectivity index (χ1v) is 12.9. The van der Waals surface area contributed by atoms with Crippen molar-refractivity contribution in [1.82, 2.24) is 24.5 Å². The molecule has 1 saturated heterocycles. The van der Waals surface area contributed by atoms with Crippen LogP contribution in [0.1, 0.15) is 40.4 Å². The molecule has 0 saturated carbocycles. The largest absolute Gasteiger partial charge is 0.366 e. The summed E-state index contributed by atoms with van der Waals surface area (Å²) in [7, 11) is 6.20. The number of rotatable bonds is 6. The second-order valence-corrected chi connectivity index (χ2v) is 9.59. The van der Waals surface area contributed by atoms with Gasteiger partial charge >= 0.3 is 0 Å². The predicted octanol–water partition coefficient (Wildman–Crippen LogP) is 4.22. The van der Waals surface area contributed by atoms with Gasteiger partial charge in [0.15, 0.2) is 0 Å². The molecule has 186 valence electrons. The van der Waals surface area contributed by atoms with Crippen LogP contribution < -0.4 is 10.8 Å². The lowest BCUT2D eigenvalue weighted by Gasteiger charge is -2.32. The van der Waals surface area contributed by atoms with Crippen LogP contribution in [0.4, 0.5) is 5.82 Å². The predicted molar refractivity (Wildman–Crippen MR) is 150 cm³/mol. The molecule has 0 bridgehead atoms. The van der Waals surface area contributed by atoms with Gasteiger partial charge in [-0.3, -0.25) is 9.78 Å². The Kier molecular flexibility index (Phi) is 6.61. The van der Waals surface area contributed by atoms with Crippen molar-refractivity contribution >= 4 is 30.7 Å². The van der Waals surface area contributed by atoms with Crippen LogP contribution in [0.15, 0.2) is 91.4 Å². The Morgan fingerprint density at radius 1 is 0.974 bits per heavy atom. The molecule has 38 heavy (non-hydrogen) atoms. The molecule has 0 unspecified atom stereocenters. The Morgan fingerprint density at radius 3 is 2.55 bits per heavy atom. The Balaban J connectivity index is 1.20. The van der Waals surface area contributed by atoms with Crippen molar-refractivity contribution in [2.24, 2.45) is 0 Å². The fraction of sp³-hybridized carbons (Fsp3) is 0.200. The average Bonchev–Trinajstić information content (AvgIpc) is 3.37. The fourth-order valence-corrected chi connectivity index (χ4v) is 5.12. The summed E-state index contributed by atoms with van der Waals surface area (Å²) < 4.78 is 1.74. The summed E-state index contributed by atoms with van der Waals surface area (Å²) in [6.07, 6.45) is 6.90. The molecule has 0 spiro atoms. The van der Waals surface area contributed by atoms with Crippen LogP contribution >= 0.6 is 0 Å². The lowest BCUT2D eigenvalue weighted by atomic mass is 9.91. The van der Waals surface area contributed by atoms with Gasteiger partial charge in [0.1, 0.15) is 19.3 Å². The van der Waals surface area contributed by atoms with Gasteiger partial charge in [-0.1, -0.05) is 54.6 Å². The maximum Gasteiger partial charge on any atom is 0.254 e. The summed E-state index contributed by atoms with van der Waals surface area (Å²) in [6.45, 7) is 1.96. The molecule has 1 aliphatic heterocycles. The third-order valence-electron chi connectivity index (χ3n) is 7.16. The second-order valence-electron chi connectivity index (χ2n) is 9.59. The Bertz CT molecular complexity index is 1560. The van der Waals surface area contributed by atoms with Crippen LogP contribution in [0.5, 0.6) is 0 Å². The minimum absolute atomic E-state index is 0.0742. The zero-order valence-corrected chi connectivity index (χ0v) is 21.0. The number of carbonyl (C=O) groups excluding carboxylic acids is 1. The molecule has 1 fully saturated rings. The van der Waals surface area contributed by atoms with E-state index in [-0.39, 0.29) is 11.8 Å². The lowest BCUT2D eigenvalue weighted by molar-refractivity contribution is 0.0713. The summed E-state index contributed by atoms with van der Waals surface area (Å²) in [5, 5.41) is 7.88. The second kappa shape index (κ2) is 10.5. The van der Waals surface area contributed by atoms with Crippen molar-refractivity contribution in [3.05, 3.63) is 108 Å². The molecular weight excluding hydrogens is 471 g/mol. The smallest absolute Gasteiger partial charge is 0.254 e. The van der Waals surface area contributed by atoms with Crippen molar-refractivity contribution in [2.45, 2.75) is 25.3 Å². The summed E-state index contributed by atoms with van der Waals surface area (Å²) in [4.78, 5) is 24.6. The first-order valence-electron chi connectivity index (χ1n) is 12.9. The van der Waals surface area contributed by atoms with Gasteiger partial charge in [-0.2, -0.15) is 9.61 Å². The van der Waals surface area contributed by atoms with E-state index < -0.39 is 0 Å². The Hall–Kier alpha value is -4.46. The molecule has 0 aliphatic carbocycles. The molecule has 6 rings (SSSR count). The number of piperidine rings is 1. The topological polar surface area (TPSA) is 75.4 Å². The van der Waals surface area contributed by atoms with Crippen LogP contribution in [-0.2, 0) is 6.54 Å². The van der Waals surface area contributed by atoms with Gasteiger partial charge in [0, 0.05) is 61.5 Å². The number of likely N-dealkylation sites (tertiary alicyclic amines) is 1. The van der Waals surface area contributed by atoms with E-state index in [0.717, 1.165) is 46.6 Å². The normalized spacial score (nSPS) is 14.1. The van der Waals surface area contributed by atoms with Gasteiger partial charge in [0.2, 0.25) is 0 Å². The van der Waals surface area contributed by atoms with E-state index in [2.05, 4.69) is 21.5 Å². The van der Waals surface area contributed by atoms with Gasteiger partial charge in [0.25, 0.3) is 5.91 Å². The number of fused-ring (bicyclic) bond motifs is 1. The molecule has 2 radical (unpaired) electrons. The minimum Gasteiger partial charge on any atom is -0.366 e. The molecule has 1 aliphatic rings. The molecule has 7 nitrogen and oxygen atoms in total. The highest BCUT2D eigenvalue weighted by Gasteiger charge is 2.27. The van der Waals surface area contributed by atoms with Crippen molar-refractivity contribution in [1.29, 1.82) is 0 Å². The number of benzene rings is 2. The van der Waals surface area contributed by atoms with Gasteiger partial charge < -0.3 is 10.2 Å². The lowest BCUT2D eigenvalue weighted by Crippen LogP contribution is -2.38. The number of pyridine rings is 1. The standard InChI is InChI=1S/C30H27BN6O/c31-26-20-34-37-28(33-19-21-7-6-14-32-18-21)17-27(35-29(26)37)23-12-15-36(16-13-23)30(38)25-11-5-4-10-24(25)22-8-2-1-3-9-22/h1-11,14,17-18,20,23,33H,12-13,15-16,19H2. The molecule has 1 N–H and O–H groups in total. The minimum atomic E-state index is 0.0742. The van der Waals surface area contributed by atoms with Crippen molar-refractivity contribution in [3.8, 4) is 11.1 Å². The first kappa shape index (κ1) is 23.9. The number of hydrogen-bond donors (Lipinski definition) is 1. The zero-order chi connectivity index (χ0) is 25.9. The zero-order valence-electron chi connectivity index (χ0n) is 21.0. The van der Waals surface area contributed by atoms with Crippen LogP contribution in [0.3, 0.4) is 0 Å². The van der Waals surface area contributed by atoms with E-state index in [9.17, 15) is 4.79 Å². The highest BCUT2D eigenvalue weighted by atomic mass is 16.2. The molecule has 3 aromatic heterocycles. The van der Waals surface area contributed by atoms with E-state index in [1.54, 1.807) is 16.9 Å². The van der Waals surface area contributed by atoms with Crippen LogP contribution in [0, 0.1) is 0 Å². The summed E-state index contributed by atoms with van der Waals surface area (Å²) >= 11 is 0. The maximum absolute atomic E-state index is 13.6. The van der Waals surface area contributed by atoms with Crippen LogP contribution in [0.2, 0.25) is 0 Å². The molecule has 2 aromatic carbocycles. The van der Waals surface area contributed by atoms with E-state index in [4.69, 9.17) is 12.8 Å². The van der Waals surface area contributed by atoms with E-state index in [1.165, 1.54) is 0 Å². The highest BCUT2D eigenvalue weighted by Crippen LogP contribution is 2.31. The maximum atomic E-state index is 13.6. The SMILES string of the molecule is [B]c1cnn2c(NCc3cccnc3)cc(C3CCN(C(=O)c4ccccc4-c4ccccc4)CC3)nc12. The Morgan fingerprint density at radius 2 is 1.76 bits per heavy atom. The highest BCUT2D eigenvalue weighted by molar-refractivity contribution is 6.36. The van der Waals surface area contributed by atoms with Gasteiger partial charge in [-0.25, -0.2) is 4.98 Å². The quantitative estimate of drug-likeness (QED) is 0.355. The number of nitrogens with one attached hydrogen (secondary N) is 1. The summed E-state index contributed by atoms with van der Waals surface area (Å²) in [6, 6.07) is 23.9. The third kappa shape index (κ3) is 4.77. The number of anilines is 1. The van der Waals surface area contributed by atoms with Gasteiger partial charge in [0.05, 0.1) is 0 Å². The van der Waals surface area contributed by atoms with Gasteiger partial charge in [-0.05, 0) is 47.1 Å². The van der Waals surface area contributed by atoms with Crippen LogP contribution in [0.25, 0.3) is 16.8 Å². The van der Waals surface area contributed by atoms with E-state index >= 15 is 0 Å². The third-order valence-corrected chi connectivity index (χ3v) is 7.16. The number of hydrogen-bond acceptors (Lipinski definition) is 5. The van der Waals surface area contributed by atoms with Crippen molar-refractivity contribution in [2.75, 3.05) is 18.4 Å². The van der Waals surface area contributed by atoms with Crippen molar-refractivity contribution < 1.29 is 4.79 Å². The summed E-state index contributed by atoms with van der Waals surface area (Å²) in [5.74, 6) is 1.13. The summed E-state index contributed by atoms with van der Waals surface area (Å²) in [5.41, 5.74) is 5.98. The fourth-order valence-electron chi connectivity index (χ4n) is 5.12. The molecule has 1 amide bonds. The Labute approximate surface area is 223 Å². The van der Waals surface area contributed by atoms with E-state index in [1.807, 2.05) is 77.8 Å². The molecule has 4 heterocycles. The average molecular weight is 498 g/mol.